The molecule has 5 nitrogen and oxygen atoms in total. The minimum Gasteiger partial charge on any atom is -0.497 e. The van der Waals surface area contributed by atoms with E-state index in [4.69, 9.17) is 9.15 Å². The Hall–Kier alpha value is -4.51. The summed E-state index contributed by atoms with van der Waals surface area (Å²) in [5.41, 5.74) is 6.24. The van der Waals surface area contributed by atoms with E-state index in [0.29, 0.717) is 22.9 Å². The van der Waals surface area contributed by atoms with Crippen LogP contribution in [0.1, 0.15) is 21.5 Å². The fourth-order valence-electron chi connectivity index (χ4n) is 3.68. The molecule has 0 amide bonds. The van der Waals surface area contributed by atoms with Crippen molar-refractivity contribution in [2.75, 3.05) is 7.11 Å². The Kier molecular flexibility index (Phi) is 5.75. The van der Waals surface area contributed by atoms with Gasteiger partial charge in [-0.25, -0.2) is 0 Å². The van der Waals surface area contributed by atoms with E-state index in [1.165, 1.54) is 5.56 Å². The SMILES string of the molecule is COc1ccc(C(=O)c2ccc(-c3ccc(-c4nnc(-c5ccc(C)cc5)o4)cc3)cc2)cc1. The number of methoxy groups -OCH3 is 1. The number of nitrogens with zero attached hydrogens (tertiary/aromatic N) is 2. The fraction of sp³-hybridized carbons (Fsp3) is 0.0690. The second-order valence-corrected chi connectivity index (χ2v) is 7.99. The molecule has 0 aliphatic rings. The number of ketones is 1. The molecule has 0 bridgehead atoms. The average Bonchev–Trinajstić information content (AvgIpc) is 3.39. The summed E-state index contributed by atoms with van der Waals surface area (Å²) in [5.74, 6) is 1.67. The summed E-state index contributed by atoms with van der Waals surface area (Å²) in [6.07, 6.45) is 0. The zero-order valence-electron chi connectivity index (χ0n) is 18.9. The van der Waals surface area contributed by atoms with Crippen LogP contribution in [-0.2, 0) is 0 Å². The van der Waals surface area contributed by atoms with Gasteiger partial charge >= 0.3 is 0 Å². The van der Waals surface area contributed by atoms with Crippen LogP contribution in [0.3, 0.4) is 0 Å². The lowest BCUT2D eigenvalue weighted by molar-refractivity contribution is 0.103. The Bertz CT molecular complexity index is 1420. The third-order valence-corrected chi connectivity index (χ3v) is 5.69. The Balaban J connectivity index is 1.31. The van der Waals surface area contributed by atoms with Gasteiger partial charge in [0.05, 0.1) is 7.11 Å². The molecule has 0 radical (unpaired) electrons. The Morgan fingerprint density at radius 2 is 1.03 bits per heavy atom. The second kappa shape index (κ2) is 9.16. The first-order valence-electron chi connectivity index (χ1n) is 10.9. The van der Waals surface area contributed by atoms with Crippen LogP contribution in [0.15, 0.2) is 101 Å². The number of rotatable bonds is 6. The van der Waals surface area contributed by atoms with Crippen LogP contribution < -0.4 is 4.74 Å². The number of aromatic nitrogens is 2. The molecule has 0 N–H and O–H groups in total. The van der Waals surface area contributed by atoms with Gasteiger partial charge in [0.15, 0.2) is 5.78 Å². The Labute approximate surface area is 197 Å². The van der Waals surface area contributed by atoms with E-state index in [9.17, 15) is 4.79 Å². The minimum absolute atomic E-state index is 0.0228. The first-order valence-corrected chi connectivity index (χ1v) is 10.9. The fourth-order valence-corrected chi connectivity index (χ4v) is 3.68. The number of aryl methyl sites for hydroxylation is 1. The van der Waals surface area contributed by atoms with Gasteiger partial charge in [-0.05, 0) is 66.6 Å². The van der Waals surface area contributed by atoms with Crippen LogP contribution >= 0.6 is 0 Å². The second-order valence-electron chi connectivity index (χ2n) is 7.99. The van der Waals surface area contributed by atoms with Gasteiger partial charge in [-0.3, -0.25) is 4.79 Å². The predicted octanol–water partition coefficient (Wildman–Crippen LogP) is 6.62. The van der Waals surface area contributed by atoms with Crippen LogP contribution in [0.4, 0.5) is 0 Å². The van der Waals surface area contributed by atoms with Crippen molar-refractivity contribution in [3.8, 4) is 39.8 Å². The van der Waals surface area contributed by atoms with E-state index in [2.05, 4.69) is 10.2 Å². The van der Waals surface area contributed by atoms with E-state index in [1.807, 2.05) is 79.7 Å². The summed E-state index contributed by atoms with van der Waals surface area (Å²) in [6, 6.07) is 30.6. The highest BCUT2D eigenvalue weighted by atomic mass is 16.5. The average molecular weight is 447 g/mol. The number of hydrogen-bond donors (Lipinski definition) is 0. The number of hydrogen-bond acceptors (Lipinski definition) is 5. The molecule has 5 heteroatoms. The molecule has 166 valence electrons. The van der Waals surface area contributed by atoms with Gasteiger partial charge in [0, 0.05) is 22.3 Å². The Morgan fingerprint density at radius 3 is 1.53 bits per heavy atom. The van der Waals surface area contributed by atoms with Crippen molar-refractivity contribution in [1.82, 2.24) is 10.2 Å². The molecule has 0 saturated carbocycles. The predicted molar refractivity (Wildman–Crippen MR) is 132 cm³/mol. The van der Waals surface area contributed by atoms with Crippen LogP contribution in [0.2, 0.25) is 0 Å². The lowest BCUT2D eigenvalue weighted by Gasteiger charge is -2.06. The summed E-state index contributed by atoms with van der Waals surface area (Å²) in [6.45, 7) is 2.04. The van der Waals surface area contributed by atoms with Crippen LogP contribution in [0.25, 0.3) is 34.0 Å². The Morgan fingerprint density at radius 1 is 0.618 bits per heavy atom. The number of ether oxygens (including phenoxy) is 1. The molecule has 0 fully saturated rings. The first kappa shape index (κ1) is 21.3. The van der Waals surface area contributed by atoms with Gasteiger partial charge < -0.3 is 9.15 Å². The van der Waals surface area contributed by atoms with Crippen molar-refractivity contribution in [2.24, 2.45) is 0 Å². The summed E-state index contributed by atoms with van der Waals surface area (Å²) >= 11 is 0. The highest BCUT2D eigenvalue weighted by Gasteiger charge is 2.12. The quantitative estimate of drug-likeness (QED) is 0.274. The molecule has 0 atom stereocenters. The first-order chi connectivity index (χ1) is 16.6. The van der Waals surface area contributed by atoms with Crippen molar-refractivity contribution < 1.29 is 13.9 Å². The van der Waals surface area contributed by atoms with Gasteiger partial charge in [0.1, 0.15) is 5.75 Å². The third-order valence-electron chi connectivity index (χ3n) is 5.69. The normalized spacial score (nSPS) is 10.8. The zero-order valence-corrected chi connectivity index (χ0v) is 18.9. The van der Waals surface area contributed by atoms with E-state index < -0.39 is 0 Å². The lowest BCUT2D eigenvalue weighted by Crippen LogP contribution is -2.01. The number of carbonyl (C=O) groups is 1. The van der Waals surface area contributed by atoms with Crippen molar-refractivity contribution in [3.63, 3.8) is 0 Å². The summed E-state index contributed by atoms with van der Waals surface area (Å²) in [7, 11) is 1.60. The summed E-state index contributed by atoms with van der Waals surface area (Å²) in [4.78, 5) is 12.8. The molecule has 34 heavy (non-hydrogen) atoms. The molecule has 0 aliphatic heterocycles. The number of benzene rings is 4. The third kappa shape index (κ3) is 4.36. The molecule has 0 unspecified atom stereocenters. The van der Waals surface area contributed by atoms with Crippen LogP contribution in [0, 0.1) is 6.92 Å². The maximum absolute atomic E-state index is 12.8. The van der Waals surface area contributed by atoms with Crippen LogP contribution in [-0.4, -0.2) is 23.1 Å². The molecule has 0 aliphatic carbocycles. The van der Waals surface area contributed by atoms with E-state index in [-0.39, 0.29) is 5.78 Å². The maximum atomic E-state index is 12.8. The molecule has 0 saturated heterocycles. The molecular weight excluding hydrogens is 424 g/mol. The molecule has 5 rings (SSSR count). The van der Waals surface area contributed by atoms with Crippen molar-refractivity contribution >= 4 is 5.78 Å². The molecule has 5 aromatic rings. The minimum atomic E-state index is -0.0228. The number of carbonyl (C=O) groups excluding carboxylic acids is 1. The molecular formula is C29H22N2O3. The monoisotopic (exact) mass is 446 g/mol. The van der Waals surface area contributed by atoms with Crippen LogP contribution in [0.5, 0.6) is 5.75 Å². The zero-order chi connectivity index (χ0) is 23.5. The topological polar surface area (TPSA) is 65.2 Å². The molecule has 0 spiro atoms. The van der Waals surface area contributed by atoms with Gasteiger partial charge in [0.25, 0.3) is 0 Å². The highest BCUT2D eigenvalue weighted by Crippen LogP contribution is 2.27. The largest absolute Gasteiger partial charge is 0.497 e. The standard InChI is InChI=1S/C29H22N2O3/c1-19-3-5-24(6-4-19)28-30-31-29(34-28)25-13-9-21(10-14-25)20-7-11-22(12-8-20)27(32)23-15-17-26(33-2)18-16-23/h3-18H,1-2H3. The van der Waals surface area contributed by atoms with Gasteiger partial charge in [0.2, 0.25) is 11.8 Å². The van der Waals surface area contributed by atoms with Crippen molar-refractivity contribution in [1.29, 1.82) is 0 Å². The van der Waals surface area contributed by atoms with Gasteiger partial charge in [-0.2, -0.15) is 0 Å². The van der Waals surface area contributed by atoms with E-state index >= 15 is 0 Å². The smallest absolute Gasteiger partial charge is 0.248 e. The molecule has 4 aromatic carbocycles. The highest BCUT2D eigenvalue weighted by molar-refractivity contribution is 6.09. The van der Waals surface area contributed by atoms with Crippen molar-refractivity contribution in [3.05, 3.63) is 114 Å². The van der Waals surface area contributed by atoms with E-state index in [0.717, 1.165) is 28.0 Å². The molecule has 1 heterocycles. The molecule has 1 aromatic heterocycles. The maximum Gasteiger partial charge on any atom is 0.248 e. The lowest BCUT2D eigenvalue weighted by atomic mass is 9.99. The van der Waals surface area contributed by atoms with Gasteiger partial charge in [-0.1, -0.05) is 54.1 Å². The van der Waals surface area contributed by atoms with Gasteiger partial charge in [-0.15, -0.1) is 10.2 Å². The summed E-state index contributed by atoms with van der Waals surface area (Å²) in [5, 5.41) is 8.37. The summed E-state index contributed by atoms with van der Waals surface area (Å²) < 4.78 is 11.0. The van der Waals surface area contributed by atoms with E-state index in [1.54, 1.807) is 31.4 Å². The van der Waals surface area contributed by atoms with Crippen molar-refractivity contribution in [2.45, 2.75) is 6.92 Å².